The third-order valence-corrected chi connectivity index (χ3v) is 3.85. The molecule has 0 spiro atoms. The van der Waals surface area contributed by atoms with Gasteiger partial charge in [-0.25, -0.2) is 4.68 Å². The Morgan fingerprint density at radius 2 is 2.18 bits per heavy atom. The summed E-state index contributed by atoms with van der Waals surface area (Å²) in [4.78, 5) is 11.7. The average Bonchev–Trinajstić information content (AvgIpc) is 3.11. The fourth-order valence-electron chi connectivity index (χ4n) is 2.71. The molecule has 0 fully saturated rings. The van der Waals surface area contributed by atoms with Crippen molar-refractivity contribution in [2.24, 2.45) is 5.73 Å². The predicted octanol–water partition coefficient (Wildman–Crippen LogP) is 0.903. The summed E-state index contributed by atoms with van der Waals surface area (Å²) in [5.74, 6) is -0.105. The zero-order valence-electron chi connectivity index (χ0n) is 11.2. The van der Waals surface area contributed by atoms with Crippen molar-refractivity contribution in [2.75, 3.05) is 0 Å². The number of fused-ring (bicyclic) bond motifs is 3. The largest absolute Gasteiger partial charge is 0.364 e. The minimum absolute atomic E-state index is 0.249. The number of carbonyl (C=O) groups excluding carboxylic acids is 1. The van der Waals surface area contributed by atoms with Crippen LogP contribution in [0.1, 0.15) is 21.7 Å². The van der Waals surface area contributed by atoms with Crippen LogP contribution in [0.2, 0.25) is 5.15 Å². The summed E-state index contributed by atoms with van der Waals surface area (Å²) in [5, 5.41) is 19.5. The summed E-state index contributed by atoms with van der Waals surface area (Å²) < 4.78 is 1.56. The normalized spacial score (nSPS) is 12.8. The lowest BCUT2D eigenvalue weighted by Crippen LogP contribution is -2.15. The van der Waals surface area contributed by atoms with Crippen molar-refractivity contribution in [3.05, 3.63) is 40.4 Å². The standard InChI is InChI=1S/C13H10ClN7O/c14-9-3-4-10(19-18-9)21-12-6(11(20-21)13(15)22)1-2-8-7(12)5-16-17-8/h3-5H,1-2H2,(H2,15,22)(H,16,17). The summed E-state index contributed by atoms with van der Waals surface area (Å²) in [6.45, 7) is 0. The Hall–Kier alpha value is -2.74. The highest BCUT2D eigenvalue weighted by molar-refractivity contribution is 6.29. The molecule has 0 radical (unpaired) electrons. The highest BCUT2D eigenvalue weighted by atomic mass is 35.5. The van der Waals surface area contributed by atoms with Crippen LogP contribution in [0.3, 0.4) is 0 Å². The Kier molecular flexibility index (Phi) is 2.73. The van der Waals surface area contributed by atoms with E-state index in [9.17, 15) is 4.79 Å². The monoisotopic (exact) mass is 315 g/mol. The molecule has 0 aromatic carbocycles. The number of amides is 1. The highest BCUT2D eigenvalue weighted by Crippen LogP contribution is 2.35. The number of aromatic amines is 1. The van der Waals surface area contributed by atoms with Gasteiger partial charge in [-0.2, -0.15) is 10.2 Å². The minimum Gasteiger partial charge on any atom is -0.364 e. The highest BCUT2D eigenvalue weighted by Gasteiger charge is 2.29. The van der Waals surface area contributed by atoms with Gasteiger partial charge in [-0.3, -0.25) is 9.89 Å². The Balaban J connectivity index is 2.00. The van der Waals surface area contributed by atoms with Gasteiger partial charge in [-0.1, -0.05) is 11.6 Å². The number of H-pyrrole nitrogens is 1. The van der Waals surface area contributed by atoms with Crippen LogP contribution >= 0.6 is 11.6 Å². The third kappa shape index (κ3) is 1.81. The Bertz CT molecular complexity index is 880. The quantitative estimate of drug-likeness (QED) is 0.729. The number of halogens is 1. The zero-order chi connectivity index (χ0) is 15.3. The van der Waals surface area contributed by atoms with E-state index in [4.69, 9.17) is 17.3 Å². The second kappa shape index (κ2) is 4.63. The van der Waals surface area contributed by atoms with Crippen LogP contribution in [0.5, 0.6) is 0 Å². The molecule has 4 rings (SSSR count). The van der Waals surface area contributed by atoms with Crippen molar-refractivity contribution in [1.29, 1.82) is 0 Å². The van der Waals surface area contributed by atoms with E-state index in [0.717, 1.165) is 28.9 Å². The van der Waals surface area contributed by atoms with E-state index >= 15 is 0 Å². The van der Waals surface area contributed by atoms with Crippen molar-refractivity contribution in [3.63, 3.8) is 0 Å². The van der Waals surface area contributed by atoms with Gasteiger partial charge in [0.15, 0.2) is 16.7 Å². The van der Waals surface area contributed by atoms with Gasteiger partial charge in [0.1, 0.15) is 0 Å². The Labute approximate surface area is 129 Å². The molecule has 0 bridgehead atoms. The van der Waals surface area contributed by atoms with Crippen LogP contribution < -0.4 is 5.73 Å². The lowest BCUT2D eigenvalue weighted by molar-refractivity contribution is 0.0994. The van der Waals surface area contributed by atoms with Gasteiger partial charge in [-0.05, 0) is 25.0 Å². The SMILES string of the molecule is NC(=O)c1nn(-c2ccc(Cl)nn2)c2c1CCc1[nH]ncc1-2. The summed E-state index contributed by atoms with van der Waals surface area (Å²) >= 11 is 5.77. The number of hydrogen-bond acceptors (Lipinski definition) is 5. The molecule has 110 valence electrons. The van der Waals surface area contributed by atoms with E-state index < -0.39 is 5.91 Å². The molecule has 1 aliphatic carbocycles. The van der Waals surface area contributed by atoms with Crippen molar-refractivity contribution in [3.8, 4) is 17.1 Å². The van der Waals surface area contributed by atoms with Crippen LogP contribution in [0, 0.1) is 0 Å². The number of aryl methyl sites for hydroxylation is 1. The number of aromatic nitrogens is 6. The molecule has 1 amide bonds. The fourth-order valence-corrected chi connectivity index (χ4v) is 2.81. The second-order valence-electron chi connectivity index (χ2n) is 4.93. The van der Waals surface area contributed by atoms with Gasteiger partial charge in [-0.15, -0.1) is 10.2 Å². The fraction of sp³-hybridized carbons (Fsp3) is 0.154. The molecule has 3 N–H and O–H groups in total. The molecule has 0 atom stereocenters. The van der Waals surface area contributed by atoms with Crippen LogP contribution in [0.25, 0.3) is 17.1 Å². The molecule has 0 saturated carbocycles. The number of nitrogens with two attached hydrogens (primary N) is 1. The number of nitrogens with zero attached hydrogens (tertiary/aromatic N) is 5. The van der Waals surface area contributed by atoms with Crippen LogP contribution in [-0.4, -0.2) is 36.1 Å². The first-order valence-corrected chi connectivity index (χ1v) is 6.97. The summed E-state index contributed by atoms with van der Waals surface area (Å²) in [6.07, 6.45) is 3.12. The van der Waals surface area contributed by atoms with Crippen molar-refractivity contribution >= 4 is 17.5 Å². The lowest BCUT2D eigenvalue weighted by atomic mass is 9.94. The molecule has 0 saturated heterocycles. The molecule has 3 heterocycles. The van der Waals surface area contributed by atoms with E-state index in [2.05, 4.69) is 25.5 Å². The van der Waals surface area contributed by atoms with E-state index in [1.165, 1.54) is 0 Å². The van der Waals surface area contributed by atoms with Gasteiger partial charge < -0.3 is 5.73 Å². The maximum Gasteiger partial charge on any atom is 0.269 e. The molecule has 0 aliphatic heterocycles. The number of primary amides is 1. The first-order valence-electron chi connectivity index (χ1n) is 6.59. The smallest absolute Gasteiger partial charge is 0.269 e. The molecule has 8 nitrogen and oxygen atoms in total. The number of rotatable bonds is 2. The maximum atomic E-state index is 11.7. The van der Waals surface area contributed by atoms with Gasteiger partial charge in [0.2, 0.25) is 0 Å². The molecular formula is C13H10ClN7O. The molecular weight excluding hydrogens is 306 g/mol. The van der Waals surface area contributed by atoms with Gasteiger partial charge in [0, 0.05) is 16.8 Å². The third-order valence-electron chi connectivity index (χ3n) is 3.65. The minimum atomic E-state index is -0.566. The van der Waals surface area contributed by atoms with Crippen LogP contribution in [0.15, 0.2) is 18.3 Å². The number of nitrogens with one attached hydrogen (secondary N) is 1. The Morgan fingerprint density at radius 1 is 1.32 bits per heavy atom. The van der Waals surface area contributed by atoms with E-state index in [1.807, 2.05) is 0 Å². The first-order chi connectivity index (χ1) is 10.6. The van der Waals surface area contributed by atoms with Gasteiger partial charge in [0.25, 0.3) is 5.91 Å². The lowest BCUT2D eigenvalue weighted by Gasteiger charge is -2.13. The molecule has 9 heteroatoms. The van der Waals surface area contributed by atoms with Gasteiger partial charge >= 0.3 is 0 Å². The first kappa shape index (κ1) is 13.0. The zero-order valence-corrected chi connectivity index (χ0v) is 12.0. The molecule has 22 heavy (non-hydrogen) atoms. The van der Waals surface area contributed by atoms with E-state index in [-0.39, 0.29) is 10.8 Å². The summed E-state index contributed by atoms with van der Waals surface area (Å²) in [5.41, 5.74) is 9.15. The topological polar surface area (TPSA) is 115 Å². The second-order valence-corrected chi connectivity index (χ2v) is 5.32. The predicted molar refractivity (Wildman–Crippen MR) is 77.7 cm³/mol. The molecule has 3 aromatic rings. The molecule has 0 unspecified atom stereocenters. The number of carbonyl (C=O) groups is 1. The van der Waals surface area contributed by atoms with E-state index in [0.29, 0.717) is 12.2 Å². The van der Waals surface area contributed by atoms with Crippen LogP contribution in [0.4, 0.5) is 0 Å². The van der Waals surface area contributed by atoms with Crippen LogP contribution in [-0.2, 0) is 12.8 Å². The van der Waals surface area contributed by atoms with Crippen molar-refractivity contribution < 1.29 is 4.79 Å². The molecule has 3 aromatic heterocycles. The maximum absolute atomic E-state index is 11.7. The van der Waals surface area contributed by atoms with Gasteiger partial charge in [0.05, 0.1) is 11.9 Å². The van der Waals surface area contributed by atoms with E-state index in [1.54, 1.807) is 23.0 Å². The number of hydrogen-bond donors (Lipinski definition) is 2. The summed E-state index contributed by atoms with van der Waals surface area (Å²) in [7, 11) is 0. The molecule has 1 aliphatic rings. The average molecular weight is 316 g/mol. The Morgan fingerprint density at radius 3 is 2.91 bits per heavy atom. The summed E-state index contributed by atoms with van der Waals surface area (Å²) in [6, 6.07) is 3.29. The van der Waals surface area contributed by atoms with Crippen molar-refractivity contribution in [1.82, 2.24) is 30.2 Å². The van der Waals surface area contributed by atoms with Crippen molar-refractivity contribution in [2.45, 2.75) is 12.8 Å².